The lowest BCUT2D eigenvalue weighted by atomic mass is 10.1. The van der Waals surface area contributed by atoms with E-state index in [2.05, 4.69) is 21.0 Å². The first-order valence-electron chi connectivity index (χ1n) is 6.60. The maximum absolute atomic E-state index is 12.3. The van der Waals surface area contributed by atoms with Gasteiger partial charge in [-0.15, -0.1) is 0 Å². The van der Waals surface area contributed by atoms with Crippen LogP contribution >= 0.6 is 39.1 Å². The maximum atomic E-state index is 12.3. The van der Waals surface area contributed by atoms with E-state index in [9.17, 15) is 4.79 Å². The molecule has 0 N–H and O–H groups in total. The van der Waals surface area contributed by atoms with Gasteiger partial charge >= 0.3 is 0 Å². The van der Waals surface area contributed by atoms with Crippen molar-refractivity contribution in [2.45, 2.75) is 33.2 Å². The molecule has 0 aliphatic heterocycles. The van der Waals surface area contributed by atoms with Gasteiger partial charge in [-0.1, -0.05) is 29.3 Å². The lowest BCUT2D eigenvalue weighted by Crippen LogP contribution is -2.12. The number of nitrogens with zero attached hydrogens (tertiary/aromatic N) is 2. The van der Waals surface area contributed by atoms with Crippen molar-refractivity contribution in [3.63, 3.8) is 0 Å². The zero-order chi connectivity index (χ0) is 15.6. The molecule has 1 aromatic carbocycles. The number of Topliss-reactive ketones (excluding diaryl/α,β-unsaturated/α-hetero) is 1. The smallest absolute Gasteiger partial charge is 0.143 e. The fraction of sp³-hybridized carbons (Fsp3) is 0.333. The van der Waals surface area contributed by atoms with Gasteiger partial charge in [0.25, 0.3) is 0 Å². The predicted octanol–water partition coefficient (Wildman–Crippen LogP) is 4.64. The Morgan fingerprint density at radius 3 is 2.48 bits per heavy atom. The molecule has 0 atom stereocenters. The minimum Gasteiger partial charge on any atom is -0.299 e. The SMILES string of the molecule is CCn1nc(C)c(Br)c1CC(=O)Cc1c(Cl)cccc1Cl. The van der Waals surface area contributed by atoms with Crippen LogP contribution in [0.5, 0.6) is 0 Å². The van der Waals surface area contributed by atoms with Gasteiger partial charge in [0.15, 0.2) is 0 Å². The summed E-state index contributed by atoms with van der Waals surface area (Å²) in [5.74, 6) is 0.0558. The van der Waals surface area contributed by atoms with Crippen LogP contribution in [-0.2, 0) is 24.2 Å². The topological polar surface area (TPSA) is 34.9 Å². The van der Waals surface area contributed by atoms with Crippen molar-refractivity contribution in [3.8, 4) is 0 Å². The van der Waals surface area contributed by atoms with E-state index in [1.807, 2.05) is 18.5 Å². The van der Waals surface area contributed by atoms with Gasteiger partial charge < -0.3 is 0 Å². The van der Waals surface area contributed by atoms with Gasteiger partial charge in [0, 0.05) is 29.4 Å². The van der Waals surface area contributed by atoms with Gasteiger partial charge in [-0.3, -0.25) is 9.48 Å². The van der Waals surface area contributed by atoms with E-state index in [1.165, 1.54) is 0 Å². The standard InChI is InChI=1S/C15H15BrCl2N2O/c1-3-20-14(15(16)9(2)19-20)8-10(21)7-11-12(17)5-4-6-13(11)18/h4-6H,3,7-8H2,1-2H3. The summed E-state index contributed by atoms with van der Waals surface area (Å²) in [6.45, 7) is 4.63. The highest BCUT2D eigenvalue weighted by atomic mass is 79.9. The summed E-state index contributed by atoms with van der Waals surface area (Å²) in [7, 11) is 0. The van der Waals surface area contributed by atoms with Crippen LogP contribution in [-0.4, -0.2) is 15.6 Å². The molecule has 0 radical (unpaired) electrons. The Morgan fingerprint density at radius 2 is 1.90 bits per heavy atom. The molecular weight excluding hydrogens is 375 g/mol. The Labute approximate surface area is 142 Å². The molecule has 0 saturated heterocycles. The van der Waals surface area contributed by atoms with E-state index in [-0.39, 0.29) is 12.2 Å². The average molecular weight is 390 g/mol. The highest BCUT2D eigenvalue weighted by Gasteiger charge is 2.17. The maximum Gasteiger partial charge on any atom is 0.143 e. The van der Waals surface area contributed by atoms with Gasteiger partial charge in [-0.05, 0) is 47.5 Å². The molecule has 21 heavy (non-hydrogen) atoms. The summed E-state index contributed by atoms with van der Waals surface area (Å²) in [6.07, 6.45) is 0.524. The number of aryl methyl sites for hydroxylation is 2. The lowest BCUT2D eigenvalue weighted by Gasteiger charge is -2.08. The molecule has 0 aliphatic carbocycles. The van der Waals surface area contributed by atoms with Gasteiger partial charge in [0.2, 0.25) is 0 Å². The first-order chi connectivity index (χ1) is 9.93. The lowest BCUT2D eigenvalue weighted by molar-refractivity contribution is -0.117. The summed E-state index contributed by atoms with van der Waals surface area (Å²) in [5.41, 5.74) is 2.46. The number of carbonyl (C=O) groups excluding carboxylic acids is 1. The van der Waals surface area contributed by atoms with Crippen LogP contribution in [0.4, 0.5) is 0 Å². The molecule has 0 unspecified atom stereocenters. The molecule has 1 aromatic heterocycles. The van der Waals surface area contributed by atoms with Crippen molar-refractivity contribution in [2.24, 2.45) is 0 Å². The minimum absolute atomic E-state index is 0.0558. The number of carbonyl (C=O) groups is 1. The number of hydrogen-bond acceptors (Lipinski definition) is 2. The quantitative estimate of drug-likeness (QED) is 0.746. The van der Waals surface area contributed by atoms with Gasteiger partial charge in [0.1, 0.15) is 5.78 Å². The minimum atomic E-state index is 0.0558. The summed E-state index contributed by atoms with van der Waals surface area (Å²) in [6, 6.07) is 5.25. The largest absolute Gasteiger partial charge is 0.299 e. The molecule has 0 aliphatic rings. The summed E-state index contributed by atoms with van der Waals surface area (Å²) in [4.78, 5) is 12.3. The molecule has 2 aromatic rings. The van der Waals surface area contributed by atoms with Crippen LogP contribution in [0.25, 0.3) is 0 Å². The Kier molecular flexibility index (Phi) is 5.47. The van der Waals surface area contributed by atoms with Crippen LogP contribution in [0.15, 0.2) is 22.7 Å². The van der Waals surface area contributed by atoms with Gasteiger partial charge in [-0.2, -0.15) is 5.10 Å². The second kappa shape index (κ2) is 6.95. The van der Waals surface area contributed by atoms with E-state index < -0.39 is 0 Å². The summed E-state index contributed by atoms with van der Waals surface area (Å²) >= 11 is 15.7. The number of benzene rings is 1. The number of rotatable bonds is 5. The predicted molar refractivity (Wildman–Crippen MR) is 89.2 cm³/mol. The number of halogens is 3. The van der Waals surface area contributed by atoms with Crippen molar-refractivity contribution in [2.75, 3.05) is 0 Å². The zero-order valence-corrected chi connectivity index (χ0v) is 14.9. The van der Waals surface area contributed by atoms with Crippen LogP contribution in [0.1, 0.15) is 23.9 Å². The number of aromatic nitrogens is 2. The Balaban J connectivity index is 2.20. The summed E-state index contributed by atoms with van der Waals surface area (Å²) in [5, 5.41) is 5.44. The molecule has 0 spiro atoms. The first-order valence-corrected chi connectivity index (χ1v) is 8.15. The van der Waals surface area contributed by atoms with Crippen molar-refractivity contribution in [1.82, 2.24) is 9.78 Å². The van der Waals surface area contributed by atoms with E-state index in [4.69, 9.17) is 23.2 Å². The molecular formula is C15H15BrCl2N2O. The number of hydrogen-bond donors (Lipinski definition) is 0. The van der Waals surface area contributed by atoms with Crippen molar-refractivity contribution < 1.29 is 4.79 Å². The molecule has 0 fully saturated rings. The molecule has 6 heteroatoms. The Morgan fingerprint density at radius 1 is 1.29 bits per heavy atom. The van der Waals surface area contributed by atoms with Crippen LogP contribution in [0.2, 0.25) is 10.0 Å². The third-order valence-electron chi connectivity index (χ3n) is 3.25. The average Bonchev–Trinajstić information content (AvgIpc) is 2.71. The van der Waals surface area contributed by atoms with E-state index in [1.54, 1.807) is 18.2 Å². The van der Waals surface area contributed by atoms with E-state index in [0.717, 1.165) is 22.4 Å². The second-order valence-corrected chi connectivity index (χ2v) is 6.36. The monoisotopic (exact) mass is 388 g/mol. The fourth-order valence-electron chi connectivity index (χ4n) is 2.19. The molecule has 0 bridgehead atoms. The van der Waals surface area contributed by atoms with Crippen LogP contribution in [0.3, 0.4) is 0 Å². The highest BCUT2D eigenvalue weighted by Crippen LogP contribution is 2.26. The van der Waals surface area contributed by atoms with Crippen LogP contribution < -0.4 is 0 Å². The molecule has 112 valence electrons. The number of ketones is 1. The van der Waals surface area contributed by atoms with E-state index >= 15 is 0 Å². The molecule has 0 saturated carbocycles. The molecule has 2 rings (SSSR count). The molecule has 1 heterocycles. The normalized spacial score (nSPS) is 10.9. The Hall–Kier alpha value is -0.840. The van der Waals surface area contributed by atoms with Crippen molar-refractivity contribution >= 4 is 44.9 Å². The van der Waals surface area contributed by atoms with Gasteiger partial charge in [0.05, 0.1) is 15.9 Å². The van der Waals surface area contributed by atoms with E-state index in [0.29, 0.717) is 22.0 Å². The van der Waals surface area contributed by atoms with Crippen molar-refractivity contribution in [1.29, 1.82) is 0 Å². The zero-order valence-electron chi connectivity index (χ0n) is 11.8. The molecule has 0 amide bonds. The van der Waals surface area contributed by atoms with Gasteiger partial charge in [-0.25, -0.2) is 0 Å². The van der Waals surface area contributed by atoms with Crippen LogP contribution in [0, 0.1) is 6.92 Å². The Bertz CT molecular complexity index is 662. The summed E-state index contributed by atoms with van der Waals surface area (Å²) < 4.78 is 2.73. The second-order valence-electron chi connectivity index (χ2n) is 4.75. The highest BCUT2D eigenvalue weighted by molar-refractivity contribution is 9.10. The first kappa shape index (κ1) is 16.5. The molecule has 3 nitrogen and oxygen atoms in total. The third-order valence-corrected chi connectivity index (χ3v) is 4.99. The van der Waals surface area contributed by atoms with Crippen molar-refractivity contribution in [3.05, 3.63) is 49.7 Å². The fourth-order valence-corrected chi connectivity index (χ4v) is 3.14. The third kappa shape index (κ3) is 3.68.